The standard InChI is InChI=1S/C23H24N2O4/c1-16-4-6-20(27-2)19(12-16)23(26)25-14-18-5-7-21(22(13-18)28-3)29-15-17-8-10-24-11-9-17/h4-13H,14-15H2,1-3H3,(H,25,26). The minimum atomic E-state index is -0.192. The van der Waals surface area contributed by atoms with Gasteiger partial charge in [0, 0.05) is 18.9 Å². The van der Waals surface area contributed by atoms with E-state index in [1.165, 1.54) is 0 Å². The smallest absolute Gasteiger partial charge is 0.255 e. The highest BCUT2D eigenvalue weighted by Gasteiger charge is 2.13. The second-order valence-electron chi connectivity index (χ2n) is 6.52. The van der Waals surface area contributed by atoms with Crippen molar-refractivity contribution in [1.82, 2.24) is 10.3 Å². The molecule has 0 aliphatic heterocycles. The number of carbonyl (C=O) groups excluding carboxylic acids is 1. The van der Waals surface area contributed by atoms with Crippen LogP contribution < -0.4 is 19.5 Å². The molecule has 0 saturated carbocycles. The van der Waals surface area contributed by atoms with Gasteiger partial charge in [-0.1, -0.05) is 17.7 Å². The van der Waals surface area contributed by atoms with Crippen LogP contribution in [-0.2, 0) is 13.2 Å². The number of carbonyl (C=O) groups is 1. The first-order valence-corrected chi connectivity index (χ1v) is 9.22. The lowest BCUT2D eigenvalue weighted by molar-refractivity contribution is 0.0947. The van der Waals surface area contributed by atoms with Crippen molar-refractivity contribution < 1.29 is 19.0 Å². The first-order chi connectivity index (χ1) is 14.1. The summed E-state index contributed by atoms with van der Waals surface area (Å²) < 4.78 is 16.6. The maximum atomic E-state index is 12.6. The van der Waals surface area contributed by atoms with E-state index in [1.807, 2.05) is 49.4 Å². The van der Waals surface area contributed by atoms with Gasteiger partial charge in [0.05, 0.1) is 19.8 Å². The molecule has 6 heteroatoms. The van der Waals surface area contributed by atoms with E-state index in [2.05, 4.69) is 10.3 Å². The van der Waals surface area contributed by atoms with Gasteiger partial charge in [-0.25, -0.2) is 0 Å². The van der Waals surface area contributed by atoms with E-state index in [9.17, 15) is 4.79 Å². The molecule has 1 aromatic heterocycles. The largest absolute Gasteiger partial charge is 0.496 e. The van der Waals surface area contributed by atoms with E-state index in [4.69, 9.17) is 14.2 Å². The van der Waals surface area contributed by atoms with Gasteiger partial charge in [-0.2, -0.15) is 0 Å². The molecule has 0 unspecified atom stereocenters. The van der Waals surface area contributed by atoms with Crippen LogP contribution in [0.15, 0.2) is 60.9 Å². The monoisotopic (exact) mass is 392 g/mol. The quantitative estimate of drug-likeness (QED) is 0.629. The van der Waals surface area contributed by atoms with E-state index in [0.29, 0.717) is 36.0 Å². The number of nitrogens with zero attached hydrogens (tertiary/aromatic N) is 1. The SMILES string of the molecule is COc1cc(CNC(=O)c2cc(C)ccc2OC)ccc1OCc1ccncc1. The Balaban J connectivity index is 1.66. The molecule has 0 aliphatic carbocycles. The zero-order valence-corrected chi connectivity index (χ0v) is 16.8. The highest BCUT2D eigenvalue weighted by atomic mass is 16.5. The second kappa shape index (κ2) is 9.59. The number of aryl methyl sites for hydroxylation is 1. The van der Waals surface area contributed by atoms with Crippen LogP contribution in [0.25, 0.3) is 0 Å². The minimum Gasteiger partial charge on any atom is -0.496 e. The summed E-state index contributed by atoms with van der Waals surface area (Å²) in [7, 11) is 3.14. The number of aromatic nitrogens is 1. The minimum absolute atomic E-state index is 0.192. The third kappa shape index (κ3) is 5.25. The van der Waals surface area contributed by atoms with Gasteiger partial charge in [0.1, 0.15) is 12.4 Å². The van der Waals surface area contributed by atoms with Crippen LogP contribution >= 0.6 is 0 Å². The molecular weight excluding hydrogens is 368 g/mol. The van der Waals surface area contributed by atoms with Gasteiger partial charge in [0.2, 0.25) is 0 Å². The lowest BCUT2D eigenvalue weighted by Gasteiger charge is -2.13. The lowest BCUT2D eigenvalue weighted by Crippen LogP contribution is -2.23. The van der Waals surface area contributed by atoms with Crippen LogP contribution in [0.1, 0.15) is 27.0 Å². The molecule has 6 nitrogen and oxygen atoms in total. The van der Waals surface area contributed by atoms with E-state index in [0.717, 1.165) is 16.7 Å². The normalized spacial score (nSPS) is 10.3. The Hall–Kier alpha value is -3.54. The predicted molar refractivity (Wildman–Crippen MR) is 110 cm³/mol. The van der Waals surface area contributed by atoms with Crippen LogP contribution in [0.3, 0.4) is 0 Å². The van der Waals surface area contributed by atoms with Gasteiger partial charge < -0.3 is 19.5 Å². The molecule has 150 valence electrons. The molecule has 3 rings (SSSR count). The van der Waals surface area contributed by atoms with Crippen molar-refractivity contribution in [2.45, 2.75) is 20.1 Å². The number of rotatable bonds is 8. The fourth-order valence-electron chi connectivity index (χ4n) is 2.86. The Morgan fingerprint density at radius 2 is 1.62 bits per heavy atom. The summed E-state index contributed by atoms with van der Waals surface area (Å²) in [4.78, 5) is 16.6. The summed E-state index contributed by atoms with van der Waals surface area (Å²) in [6.45, 7) is 2.71. The number of pyridine rings is 1. The Labute approximate surface area is 170 Å². The molecular formula is C23H24N2O4. The zero-order chi connectivity index (χ0) is 20.6. The summed E-state index contributed by atoms with van der Waals surface area (Å²) in [5.41, 5.74) is 3.42. The summed E-state index contributed by atoms with van der Waals surface area (Å²) >= 11 is 0. The average Bonchev–Trinajstić information content (AvgIpc) is 2.76. The molecule has 1 heterocycles. The third-order valence-electron chi connectivity index (χ3n) is 4.42. The van der Waals surface area contributed by atoms with Crippen molar-refractivity contribution in [3.8, 4) is 17.2 Å². The van der Waals surface area contributed by atoms with Gasteiger partial charge in [-0.3, -0.25) is 9.78 Å². The second-order valence-corrected chi connectivity index (χ2v) is 6.52. The summed E-state index contributed by atoms with van der Waals surface area (Å²) in [5, 5.41) is 2.92. The van der Waals surface area contributed by atoms with Crippen LogP contribution in [-0.4, -0.2) is 25.1 Å². The zero-order valence-electron chi connectivity index (χ0n) is 16.8. The summed E-state index contributed by atoms with van der Waals surface area (Å²) in [6.07, 6.45) is 3.45. The van der Waals surface area contributed by atoms with E-state index in [1.54, 1.807) is 32.7 Å². The van der Waals surface area contributed by atoms with Crippen molar-refractivity contribution in [2.75, 3.05) is 14.2 Å². The third-order valence-corrected chi connectivity index (χ3v) is 4.42. The van der Waals surface area contributed by atoms with Gasteiger partial charge in [-0.15, -0.1) is 0 Å². The molecule has 3 aromatic rings. The highest BCUT2D eigenvalue weighted by Crippen LogP contribution is 2.29. The van der Waals surface area contributed by atoms with Crippen molar-refractivity contribution in [2.24, 2.45) is 0 Å². The van der Waals surface area contributed by atoms with Gasteiger partial charge >= 0.3 is 0 Å². The molecule has 29 heavy (non-hydrogen) atoms. The predicted octanol–water partition coefficient (Wildman–Crippen LogP) is 3.92. The topological polar surface area (TPSA) is 69.7 Å². The molecule has 0 bridgehead atoms. The van der Waals surface area contributed by atoms with Crippen molar-refractivity contribution in [1.29, 1.82) is 0 Å². The molecule has 0 fully saturated rings. The Bertz CT molecular complexity index is 974. The summed E-state index contributed by atoms with van der Waals surface area (Å²) in [6, 6.07) is 14.9. The number of ether oxygens (including phenoxy) is 3. The molecule has 1 N–H and O–H groups in total. The van der Waals surface area contributed by atoms with Crippen molar-refractivity contribution in [3.05, 3.63) is 83.2 Å². The molecule has 0 atom stereocenters. The van der Waals surface area contributed by atoms with Gasteiger partial charge in [-0.05, 0) is 54.4 Å². The fraction of sp³-hybridized carbons (Fsp3) is 0.217. The number of benzene rings is 2. The van der Waals surface area contributed by atoms with Crippen LogP contribution in [0.5, 0.6) is 17.2 Å². The first kappa shape index (κ1) is 20.2. The number of hydrogen-bond donors (Lipinski definition) is 1. The average molecular weight is 392 g/mol. The molecule has 0 aliphatic rings. The van der Waals surface area contributed by atoms with Gasteiger partial charge in [0.15, 0.2) is 11.5 Å². The molecule has 0 saturated heterocycles. The lowest BCUT2D eigenvalue weighted by atomic mass is 10.1. The maximum absolute atomic E-state index is 12.6. The van der Waals surface area contributed by atoms with E-state index in [-0.39, 0.29) is 5.91 Å². The fourth-order valence-corrected chi connectivity index (χ4v) is 2.86. The number of hydrogen-bond acceptors (Lipinski definition) is 5. The molecule has 0 radical (unpaired) electrons. The summed E-state index contributed by atoms with van der Waals surface area (Å²) in [5.74, 6) is 1.60. The number of nitrogens with one attached hydrogen (secondary N) is 1. The number of methoxy groups -OCH3 is 2. The maximum Gasteiger partial charge on any atom is 0.255 e. The highest BCUT2D eigenvalue weighted by molar-refractivity contribution is 5.97. The Morgan fingerprint density at radius 3 is 2.34 bits per heavy atom. The van der Waals surface area contributed by atoms with Gasteiger partial charge in [0.25, 0.3) is 5.91 Å². The van der Waals surface area contributed by atoms with Crippen LogP contribution in [0.4, 0.5) is 0 Å². The Kier molecular flexibility index (Phi) is 6.68. The molecule has 0 spiro atoms. The van der Waals surface area contributed by atoms with Crippen molar-refractivity contribution >= 4 is 5.91 Å². The van der Waals surface area contributed by atoms with E-state index < -0.39 is 0 Å². The van der Waals surface area contributed by atoms with E-state index >= 15 is 0 Å². The first-order valence-electron chi connectivity index (χ1n) is 9.22. The number of amides is 1. The molecule has 2 aromatic carbocycles. The van der Waals surface area contributed by atoms with Crippen LogP contribution in [0, 0.1) is 6.92 Å². The Morgan fingerprint density at radius 1 is 0.897 bits per heavy atom. The van der Waals surface area contributed by atoms with Crippen LogP contribution in [0.2, 0.25) is 0 Å². The molecule has 1 amide bonds. The van der Waals surface area contributed by atoms with Crippen molar-refractivity contribution in [3.63, 3.8) is 0 Å².